The maximum Gasteiger partial charge on any atom is 0.0575 e. The van der Waals surface area contributed by atoms with Gasteiger partial charge in [0.2, 0.25) is 0 Å². The zero-order valence-corrected chi connectivity index (χ0v) is 8.74. The maximum atomic E-state index is 6.05. The van der Waals surface area contributed by atoms with E-state index < -0.39 is 0 Å². The Morgan fingerprint density at radius 3 is 2.92 bits per heavy atom. The van der Waals surface area contributed by atoms with E-state index >= 15 is 0 Å². The van der Waals surface area contributed by atoms with Crippen LogP contribution < -0.4 is 5.73 Å². The Balaban J connectivity index is 2.83. The third kappa shape index (κ3) is 1.22. The van der Waals surface area contributed by atoms with E-state index in [4.69, 9.17) is 5.73 Å². The summed E-state index contributed by atoms with van der Waals surface area (Å²) < 4.78 is 1.23. The number of thiophene rings is 1. The number of nitrogen functional groups attached to an aromatic ring is 1. The molecule has 0 fully saturated rings. The minimum absolute atomic E-state index is 0.962. The van der Waals surface area contributed by atoms with E-state index in [0.717, 1.165) is 12.1 Å². The lowest BCUT2D eigenvalue weighted by molar-refractivity contribution is 1.12. The van der Waals surface area contributed by atoms with Gasteiger partial charge in [0.1, 0.15) is 0 Å². The molecule has 0 unspecified atom stereocenters. The molecule has 2 N–H and O–H groups in total. The van der Waals surface area contributed by atoms with Crippen molar-refractivity contribution in [3.63, 3.8) is 0 Å². The molecule has 1 nitrogen and oxygen atoms in total. The van der Waals surface area contributed by atoms with E-state index in [0.29, 0.717) is 0 Å². The Kier molecular flexibility index (Phi) is 2.00. The van der Waals surface area contributed by atoms with Gasteiger partial charge in [-0.1, -0.05) is 6.92 Å². The second-order valence-electron chi connectivity index (χ2n) is 3.27. The van der Waals surface area contributed by atoms with Crippen molar-refractivity contribution in [2.24, 2.45) is 0 Å². The molecule has 0 amide bonds. The number of benzene rings is 1. The van der Waals surface area contributed by atoms with Crippen molar-refractivity contribution in [2.75, 3.05) is 5.73 Å². The van der Waals surface area contributed by atoms with Crippen LogP contribution in [0.1, 0.15) is 18.1 Å². The molecule has 0 bridgehead atoms. The highest BCUT2D eigenvalue weighted by atomic mass is 32.1. The molecule has 0 saturated heterocycles. The van der Waals surface area contributed by atoms with Crippen molar-refractivity contribution in [2.45, 2.75) is 20.3 Å². The van der Waals surface area contributed by atoms with Gasteiger partial charge >= 0.3 is 0 Å². The first-order valence-electron chi connectivity index (χ1n) is 4.49. The van der Waals surface area contributed by atoms with Gasteiger partial charge in [-0.3, -0.25) is 0 Å². The number of aryl methyl sites for hydroxylation is 1. The molecule has 2 aromatic rings. The van der Waals surface area contributed by atoms with Gasteiger partial charge in [-0.25, -0.2) is 0 Å². The molecule has 1 heterocycles. The number of anilines is 1. The topological polar surface area (TPSA) is 26.0 Å². The first-order valence-corrected chi connectivity index (χ1v) is 5.37. The van der Waals surface area contributed by atoms with Gasteiger partial charge in [0.15, 0.2) is 0 Å². The fourth-order valence-electron chi connectivity index (χ4n) is 1.66. The Labute approximate surface area is 82.2 Å². The van der Waals surface area contributed by atoms with Gasteiger partial charge in [0, 0.05) is 0 Å². The number of hydrogen-bond acceptors (Lipinski definition) is 2. The van der Waals surface area contributed by atoms with E-state index in [2.05, 4.69) is 31.4 Å². The molecule has 0 saturated carbocycles. The standard InChI is InChI=1S/C11H13NS/c1-3-8-6-9-4-5-13-11(9)10(12)7(8)2/h4-6H,3,12H2,1-2H3. The lowest BCUT2D eigenvalue weighted by Crippen LogP contribution is -1.94. The van der Waals surface area contributed by atoms with Crippen molar-refractivity contribution in [1.82, 2.24) is 0 Å². The highest BCUT2D eigenvalue weighted by Crippen LogP contribution is 2.31. The largest absolute Gasteiger partial charge is 0.397 e. The van der Waals surface area contributed by atoms with Gasteiger partial charge in [-0.2, -0.15) is 0 Å². The molecule has 0 aliphatic rings. The fourth-order valence-corrected chi connectivity index (χ4v) is 2.55. The second kappa shape index (κ2) is 3.04. The zero-order valence-electron chi connectivity index (χ0n) is 7.92. The number of hydrogen-bond donors (Lipinski definition) is 1. The maximum absolute atomic E-state index is 6.05. The van der Waals surface area contributed by atoms with Crippen molar-refractivity contribution in [3.05, 3.63) is 28.6 Å². The Bertz CT molecular complexity index is 443. The first-order chi connectivity index (χ1) is 6.24. The minimum Gasteiger partial charge on any atom is -0.397 e. The highest BCUT2D eigenvalue weighted by Gasteiger charge is 2.06. The molecule has 0 aliphatic carbocycles. The van der Waals surface area contributed by atoms with Crippen LogP contribution in [0.2, 0.25) is 0 Å². The fraction of sp³-hybridized carbons (Fsp3) is 0.273. The van der Waals surface area contributed by atoms with E-state index in [1.807, 2.05) is 0 Å². The minimum atomic E-state index is 0.962. The summed E-state index contributed by atoms with van der Waals surface area (Å²) in [5.74, 6) is 0. The monoisotopic (exact) mass is 191 g/mol. The van der Waals surface area contributed by atoms with Crippen LogP contribution in [0.3, 0.4) is 0 Å². The number of rotatable bonds is 1. The summed E-state index contributed by atoms with van der Waals surface area (Å²) in [6.45, 7) is 4.27. The molecule has 0 radical (unpaired) electrons. The van der Waals surface area contributed by atoms with Crippen molar-refractivity contribution in [1.29, 1.82) is 0 Å². The van der Waals surface area contributed by atoms with Crippen LogP contribution in [0.15, 0.2) is 17.5 Å². The van der Waals surface area contributed by atoms with Crippen LogP contribution in [-0.4, -0.2) is 0 Å². The lowest BCUT2D eigenvalue weighted by Gasteiger charge is -2.07. The smallest absolute Gasteiger partial charge is 0.0575 e. The van der Waals surface area contributed by atoms with Crippen LogP contribution >= 0.6 is 11.3 Å². The molecule has 1 aromatic heterocycles. The predicted octanol–water partition coefficient (Wildman–Crippen LogP) is 3.35. The summed E-state index contributed by atoms with van der Waals surface area (Å²) in [7, 11) is 0. The quantitative estimate of drug-likeness (QED) is 0.687. The van der Waals surface area contributed by atoms with Gasteiger partial charge < -0.3 is 5.73 Å². The van der Waals surface area contributed by atoms with E-state index in [9.17, 15) is 0 Å². The molecule has 1 aromatic carbocycles. The van der Waals surface area contributed by atoms with Crippen molar-refractivity contribution >= 4 is 27.1 Å². The predicted molar refractivity (Wildman–Crippen MR) is 60.4 cm³/mol. The summed E-state index contributed by atoms with van der Waals surface area (Å²) in [5.41, 5.74) is 9.62. The average molecular weight is 191 g/mol. The number of fused-ring (bicyclic) bond motifs is 1. The Morgan fingerprint density at radius 1 is 1.46 bits per heavy atom. The van der Waals surface area contributed by atoms with Crippen LogP contribution in [0.5, 0.6) is 0 Å². The highest BCUT2D eigenvalue weighted by molar-refractivity contribution is 7.17. The van der Waals surface area contributed by atoms with Crippen molar-refractivity contribution in [3.8, 4) is 0 Å². The van der Waals surface area contributed by atoms with Crippen LogP contribution in [0, 0.1) is 6.92 Å². The summed E-state index contributed by atoms with van der Waals surface area (Å²) in [4.78, 5) is 0. The molecule has 0 aliphatic heterocycles. The Hall–Kier alpha value is -1.02. The van der Waals surface area contributed by atoms with Gasteiger partial charge in [-0.15, -0.1) is 11.3 Å². The summed E-state index contributed by atoms with van der Waals surface area (Å²) in [6.07, 6.45) is 1.06. The van der Waals surface area contributed by atoms with Gasteiger partial charge in [-0.05, 0) is 47.4 Å². The Morgan fingerprint density at radius 2 is 2.23 bits per heavy atom. The first kappa shape index (κ1) is 8.57. The molecular formula is C11H13NS. The van der Waals surface area contributed by atoms with Crippen LogP contribution in [-0.2, 0) is 6.42 Å². The van der Waals surface area contributed by atoms with Gasteiger partial charge in [0.05, 0.1) is 10.4 Å². The third-order valence-electron chi connectivity index (χ3n) is 2.54. The SMILES string of the molecule is CCc1cc2ccsc2c(N)c1C. The molecule has 0 atom stereocenters. The molecule has 2 rings (SSSR count). The molecule has 13 heavy (non-hydrogen) atoms. The van der Waals surface area contributed by atoms with Crippen LogP contribution in [0.25, 0.3) is 10.1 Å². The van der Waals surface area contributed by atoms with E-state index in [1.165, 1.54) is 21.2 Å². The normalized spacial score (nSPS) is 10.9. The molecule has 0 spiro atoms. The van der Waals surface area contributed by atoms with E-state index in [-0.39, 0.29) is 0 Å². The zero-order chi connectivity index (χ0) is 9.42. The lowest BCUT2D eigenvalue weighted by atomic mass is 10.0. The molecule has 68 valence electrons. The molecule has 2 heteroatoms. The van der Waals surface area contributed by atoms with E-state index in [1.54, 1.807) is 11.3 Å². The molecular weight excluding hydrogens is 178 g/mol. The average Bonchev–Trinajstić information content (AvgIpc) is 2.59. The summed E-state index contributed by atoms with van der Waals surface area (Å²) >= 11 is 1.72. The summed E-state index contributed by atoms with van der Waals surface area (Å²) in [5, 5.41) is 3.38. The van der Waals surface area contributed by atoms with Crippen molar-refractivity contribution < 1.29 is 0 Å². The number of nitrogens with two attached hydrogens (primary N) is 1. The third-order valence-corrected chi connectivity index (χ3v) is 3.50. The van der Waals surface area contributed by atoms with Crippen LogP contribution in [0.4, 0.5) is 5.69 Å². The second-order valence-corrected chi connectivity index (χ2v) is 4.18. The van der Waals surface area contributed by atoms with Gasteiger partial charge in [0.25, 0.3) is 0 Å². The summed E-state index contributed by atoms with van der Waals surface area (Å²) in [6, 6.07) is 4.38.